The summed E-state index contributed by atoms with van der Waals surface area (Å²) < 4.78 is 12.7. The smallest absolute Gasteiger partial charge is 0.180 e. The van der Waals surface area contributed by atoms with Crippen LogP contribution in [0.3, 0.4) is 0 Å². The second-order valence-electron chi connectivity index (χ2n) is 13.1. The van der Waals surface area contributed by atoms with E-state index in [-0.39, 0.29) is 0 Å². The summed E-state index contributed by atoms with van der Waals surface area (Å²) in [4.78, 5) is 24.3. The molecule has 0 radical (unpaired) electrons. The zero-order valence-corrected chi connectivity index (χ0v) is 30.3. The van der Waals surface area contributed by atoms with Crippen molar-refractivity contribution in [3.63, 3.8) is 0 Å². The molecule has 5 aromatic carbocycles. The molecule has 0 unspecified atom stereocenters. The molecule has 0 N–H and O–H groups in total. The summed E-state index contributed by atoms with van der Waals surface area (Å²) in [7, 11) is 0. The Labute approximate surface area is 323 Å². The Hall–Kier alpha value is -7.77. The van der Waals surface area contributed by atoms with Crippen LogP contribution in [0.15, 0.2) is 186 Å². The molecular weight excluding hydrogens is 691 g/mol. The van der Waals surface area contributed by atoms with E-state index in [1.165, 1.54) is 0 Å². The number of benzene rings is 5. The Kier molecular flexibility index (Phi) is 8.85. The molecule has 4 heterocycles. The lowest BCUT2D eigenvalue weighted by atomic mass is 10.0. The summed E-state index contributed by atoms with van der Waals surface area (Å²) in [6.45, 7) is 12.7. The maximum atomic E-state index is 6.48. The number of para-hydroxylation sites is 1. The fourth-order valence-corrected chi connectivity index (χ4v) is 6.65. The Bertz CT molecular complexity index is 2950. The van der Waals surface area contributed by atoms with Crippen molar-refractivity contribution in [2.24, 2.45) is 0 Å². The number of nitrogens with zero attached hydrogens (tertiary/aromatic N) is 5. The molecule has 0 aliphatic carbocycles. The predicted octanol–water partition coefficient (Wildman–Crippen LogP) is 12.5. The lowest BCUT2D eigenvalue weighted by Gasteiger charge is -2.08. The molecular formula is C49H33N5O2. The minimum Gasteiger partial charge on any atom is -0.455 e. The van der Waals surface area contributed by atoms with Gasteiger partial charge in [-0.3, -0.25) is 0 Å². The highest BCUT2D eigenvalue weighted by atomic mass is 16.3. The average Bonchev–Trinajstić information content (AvgIpc) is 3.83. The Morgan fingerprint density at radius 2 is 1.14 bits per heavy atom. The van der Waals surface area contributed by atoms with Crippen LogP contribution in [0.25, 0.3) is 96.2 Å². The van der Waals surface area contributed by atoms with Crippen molar-refractivity contribution < 1.29 is 8.83 Å². The molecule has 9 aromatic rings. The Balaban J connectivity index is 1.01. The highest BCUT2D eigenvalue weighted by molar-refractivity contribution is 6.06. The van der Waals surface area contributed by atoms with Crippen LogP contribution in [0.4, 0.5) is 0 Å². The van der Waals surface area contributed by atoms with Gasteiger partial charge in [-0.05, 0) is 35.9 Å². The lowest BCUT2D eigenvalue weighted by Crippen LogP contribution is -2.00. The average molecular weight is 724 g/mol. The van der Waals surface area contributed by atoms with E-state index < -0.39 is 0 Å². The van der Waals surface area contributed by atoms with Crippen molar-refractivity contribution >= 4 is 50.8 Å². The maximum absolute atomic E-state index is 6.48. The first-order valence-corrected chi connectivity index (χ1v) is 18.1. The van der Waals surface area contributed by atoms with Gasteiger partial charge in [0.1, 0.15) is 28.1 Å². The predicted molar refractivity (Wildman–Crippen MR) is 227 cm³/mol. The number of fused-ring (bicyclic) bond motifs is 4. The van der Waals surface area contributed by atoms with Gasteiger partial charge in [0.15, 0.2) is 28.9 Å². The summed E-state index contributed by atoms with van der Waals surface area (Å²) >= 11 is 0. The first-order valence-electron chi connectivity index (χ1n) is 18.1. The SMILES string of the molecule is C=Cc1c(C(=C)C(=C)/C=C\C=C\c2nc(-c3ccccc3)c3oc4ccccc4c3n2)oc2cc(-c3nc(-c4ccccc4)nc(-c4ccccc4)n3)ccc12. The molecule has 0 aliphatic heterocycles. The monoisotopic (exact) mass is 723 g/mol. The van der Waals surface area contributed by atoms with Crippen molar-refractivity contribution in [1.29, 1.82) is 0 Å². The number of rotatable bonds is 10. The van der Waals surface area contributed by atoms with Crippen molar-refractivity contribution in [1.82, 2.24) is 24.9 Å². The molecule has 56 heavy (non-hydrogen) atoms. The molecule has 0 amide bonds. The third-order valence-corrected chi connectivity index (χ3v) is 9.49. The van der Waals surface area contributed by atoms with E-state index in [1.54, 1.807) is 6.08 Å². The van der Waals surface area contributed by atoms with E-state index >= 15 is 0 Å². The zero-order valence-electron chi connectivity index (χ0n) is 30.3. The third-order valence-electron chi connectivity index (χ3n) is 9.49. The molecule has 7 nitrogen and oxygen atoms in total. The quantitative estimate of drug-likeness (QED) is 0.130. The van der Waals surface area contributed by atoms with Crippen LogP contribution in [0, 0.1) is 0 Å². The van der Waals surface area contributed by atoms with Crippen LogP contribution in [0.5, 0.6) is 0 Å². The van der Waals surface area contributed by atoms with Crippen molar-refractivity contribution in [2.45, 2.75) is 0 Å². The van der Waals surface area contributed by atoms with E-state index in [9.17, 15) is 0 Å². The first-order chi connectivity index (χ1) is 27.5. The topological polar surface area (TPSA) is 90.7 Å². The minimum absolute atomic E-state index is 0.538. The lowest BCUT2D eigenvalue weighted by molar-refractivity contribution is 0.600. The molecule has 0 bridgehead atoms. The van der Waals surface area contributed by atoms with Gasteiger partial charge in [-0.15, -0.1) is 0 Å². The molecule has 0 fully saturated rings. The van der Waals surface area contributed by atoms with Crippen LogP contribution in [-0.4, -0.2) is 24.9 Å². The number of hydrogen-bond acceptors (Lipinski definition) is 7. The first kappa shape index (κ1) is 34.0. The fourth-order valence-electron chi connectivity index (χ4n) is 6.65. The van der Waals surface area contributed by atoms with E-state index in [0.29, 0.717) is 51.4 Å². The summed E-state index contributed by atoms with van der Waals surface area (Å²) in [6.07, 6.45) is 9.31. The zero-order chi connectivity index (χ0) is 38.0. The number of aromatic nitrogens is 5. The van der Waals surface area contributed by atoms with Crippen LogP contribution in [0.1, 0.15) is 17.1 Å². The molecule has 0 aliphatic rings. The molecule has 0 atom stereocenters. The fraction of sp³-hybridized carbons (Fsp3) is 0. The summed E-state index contributed by atoms with van der Waals surface area (Å²) in [5, 5.41) is 1.83. The molecule has 0 spiro atoms. The minimum atomic E-state index is 0.538. The molecule has 0 saturated heterocycles. The molecule has 4 aromatic heterocycles. The second-order valence-corrected chi connectivity index (χ2v) is 13.1. The van der Waals surface area contributed by atoms with Crippen LogP contribution in [0.2, 0.25) is 0 Å². The molecule has 0 saturated carbocycles. The summed E-state index contributed by atoms with van der Waals surface area (Å²) in [6, 6.07) is 43.6. The molecule has 266 valence electrons. The van der Waals surface area contributed by atoms with Gasteiger partial charge in [0.25, 0.3) is 0 Å². The van der Waals surface area contributed by atoms with Gasteiger partial charge in [0, 0.05) is 44.2 Å². The van der Waals surface area contributed by atoms with Crippen molar-refractivity contribution in [2.75, 3.05) is 0 Å². The second kappa shape index (κ2) is 14.6. The van der Waals surface area contributed by atoms with Gasteiger partial charge >= 0.3 is 0 Å². The van der Waals surface area contributed by atoms with Crippen molar-refractivity contribution in [3.05, 3.63) is 194 Å². The van der Waals surface area contributed by atoms with Crippen molar-refractivity contribution in [3.8, 4) is 45.4 Å². The number of furan rings is 2. The highest BCUT2D eigenvalue weighted by Gasteiger charge is 2.19. The van der Waals surface area contributed by atoms with Gasteiger partial charge < -0.3 is 8.83 Å². The molecule has 7 heteroatoms. The van der Waals surface area contributed by atoms with Gasteiger partial charge in [0.2, 0.25) is 0 Å². The summed E-state index contributed by atoms with van der Waals surface area (Å²) in [5.41, 5.74) is 9.27. The standard InChI is InChI=1S/C49H33N5O2/c1-4-37-38-29-28-36(49-53-47(34-21-10-6-11-22-34)52-48(54-49)35-23-12-7-13-24-35)30-41(38)56-45(37)32(3)31(2)18-14-17-27-42-50-43(33-19-8-5-9-20-33)46-44(51-42)39-25-15-16-26-40(39)55-46/h4-30H,1-3H2/b18-14-,27-17+. The largest absolute Gasteiger partial charge is 0.455 e. The van der Waals surface area contributed by atoms with E-state index in [2.05, 4.69) is 19.7 Å². The normalized spacial score (nSPS) is 11.6. The van der Waals surface area contributed by atoms with Crippen LogP contribution in [-0.2, 0) is 0 Å². The van der Waals surface area contributed by atoms with Gasteiger partial charge in [0.05, 0.1) is 0 Å². The Morgan fingerprint density at radius 1 is 0.536 bits per heavy atom. The third kappa shape index (κ3) is 6.44. The van der Waals surface area contributed by atoms with E-state index in [1.807, 2.05) is 158 Å². The number of allylic oxidation sites excluding steroid dienone is 5. The van der Waals surface area contributed by atoms with Crippen LogP contribution >= 0.6 is 0 Å². The highest BCUT2D eigenvalue weighted by Crippen LogP contribution is 2.37. The van der Waals surface area contributed by atoms with Crippen LogP contribution < -0.4 is 0 Å². The van der Waals surface area contributed by atoms with Gasteiger partial charge in [-0.2, -0.15) is 0 Å². The molecule has 9 rings (SSSR count). The Morgan fingerprint density at radius 3 is 1.80 bits per heavy atom. The van der Waals surface area contributed by atoms with E-state index in [4.69, 9.17) is 33.8 Å². The summed E-state index contributed by atoms with van der Waals surface area (Å²) in [5.74, 6) is 2.86. The number of hydrogen-bond donors (Lipinski definition) is 0. The van der Waals surface area contributed by atoms with Gasteiger partial charge in [-0.1, -0.05) is 153 Å². The maximum Gasteiger partial charge on any atom is 0.180 e. The van der Waals surface area contributed by atoms with Gasteiger partial charge in [-0.25, -0.2) is 24.9 Å². The van der Waals surface area contributed by atoms with E-state index in [0.717, 1.165) is 55.4 Å².